The molecule has 29 heavy (non-hydrogen) atoms. The number of rotatable bonds is 5. The van der Waals surface area contributed by atoms with Crippen molar-refractivity contribution in [2.45, 2.75) is 6.61 Å². The first kappa shape index (κ1) is 18.3. The standard InChI is InChI=1S/C21H16N2O6/c1-22-21(26)17-10-29-19(23-17)11-27-14-6-7-15-18(8-14)28-9-16(20(15)25)12-2-4-13(24)5-3-12/h2-10,24H,11H2,1H3,(H,22,26). The summed E-state index contributed by atoms with van der Waals surface area (Å²) >= 11 is 0. The molecule has 2 heterocycles. The molecule has 146 valence electrons. The molecule has 8 nitrogen and oxygen atoms in total. The maximum absolute atomic E-state index is 12.8. The van der Waals surface area contributed by atoms with Gasteiger partial charge in [0.2, 0.25) is 5.89 Å². The second-order valence-electron chi connectivity index (χ2n) is 6.18. The number of benzene rings is 2. The van der Waals surface area contributed by atoms with Gasteiger partial charge < -0.3 is 24.0 Å². The van der Waals surface area contributed by atoms with Gasteiger partial charge in [0.1, 0.15) is 29.6 Å². The average Bonchev–Trinajstić information content (AvgIpc) is 3.22. The zero-order valence-electron chi connectivity index (χ0n) is 15.3. The monoisotopic (exact) mass is 392 g/mol. The van der Waals surface area contributed by atoms with Crippen molar-refractivity contribution in [3.05, 3.63) is 76.8 Å². The summed E-state index contributed by atoms with van der Waals surface area (Å²) < 4.78 is 16.4. The Bertz CT molecular complexity index is 1240. The number of phenolic OH excluding ortho intramolecular Hbond substituents is 1. The van der Waals surface area contributed by atoms with Gasteiger partial charge in [0.15, 0.2) is 17.7 Å². The van der Waals surface area contributed by atoms with Crippen molar-refractivity contribution in [3.8, 4) is 22.6 Å². The van der Waals surface area contributed by atoms with E-state index >= 15 is 0 Å². The number of carbonyl (C=O) groups excluding carboxylic acids is 1. The van der Waals surface area contributed by atoms with Crippen LogP contribution in [0.2, 0.25) is 0 Å². The van der Waals surface area contributed by atoms with Gasteiger partial charge in [0.25, 0.3) is 5.91 Å². The summed E-state index contributed by atoms with van der Waals surface area (Å²) in [4.78, 5) is 28.3. The highest BCUT2D eigenvalue weighted by Gasteiger charge is 2.13. The maximum atomic E-state index is 12.8. The molecule has 4 aromatic rings. The number of ether oxygens (including phenoxy) is 1. The SMILES string of the molecule is CNC(=O)c1coc(COc2ccc3c(=O)c(-c4ccc(O)cc4)coc3c2)n1. The van der Waals surface area contributed by atoms with Crippen molar-refractivity contribution < 1.29 is 23.5 Å². The van der Waals surface area contributed by atoms with E-state index in [4.69, 9.17) is 13.6 Å². The molecule has 1 amide bonds. The predicted molar refractivity (Wildman–Crippen MR) is 104 cm³/mol. The summed E-state index contributed by atoms with van der Waals surface area (Å²) in [7, 11) is 1.50. The van der Waals surface area contributed by atoms with Gasteiger partial charge in [0, 0.05) is 13.1 Å². The van der Waals surface area contributed by atoms with Crippen molar-refractivity contribution in [2.75, 3.05) is 7.05 Å². The van der Waals surface area contributed by atoms with Crippen molar-refractivity contribution in [1.29, 1.82) is 0 Å². The number of oxazole rings is 1. The van der Waals surface area contributed by atoms with Gasteiger partial charge in [-0.15, -0.1) is 0 Å². The Hall–Kier alpha value is -4.07. The van der Waals surface area contributed by atoms with Crippen molar-refractivity contribution in [3.63, 3.8) is 0 Å². The minimum absolute atomic E-state index is 0.0122. The van der Waals surface area contributed by atoms with Gasteiger partial charge in [-0.1, -0.05) is 12.1 Å². The van der Waals surface area contributed by atoms with Gasteiger partial charge in [0.05, 0.1) is 10.9 Å². The van der Waals surface area contributed by atoms with Crippen LogP contribution in [0.15, 0.2) is 68.6 Å². The highest BCUT2D eigenvalue weighted by atomic mass is 16.5. The molecule has 0 fully saturated rings. The number of fused-ring (bicyclic) bond motifs is 1. The predicted octanol–water partition coefficient (Wildman–Crippen LogP) is 3.09. The molecule has 0 saturated carbocycles. The Kier molecular flexibility index (Phi) is 4.74. The van der Waals surface area contributed by atoms with Crippen molar-refractivity contribution in [1.82, 2.24) is 10.3 Å². The molecule has 0 bridgehead atoms. The lowest BCUT2D eigenvalue weighted by Crippen LogP contribution is -2.18. The molecule has 0 aliphatic carbocycles. The lowest BCUT2D eigenvalue weighted by molar-refractivity contribution is 0.0958. The quantitative estimate of drug-likeness (QED) is 0.536. The summed E-state index contributed by atoms with van der Waals surface area (Å²) in [5, 5.41) is 12.3. The minimum atomic E-state index is -0.350. The number of aromatic hydroxyl groups is 1. The third kappa shape index (κ3) is 3.68. The summed E-state index contributed by atoms with van der Waals surface area (Å²) in [6, 6.07) is 11.2. The van der Waals surface area contributed by atoms with Gasteiger partial charge in [-0.05, 0) is 29.8 Å². The van der Waals surface area contributed by atoms with Crippen LogP contribution in [0.25, 0.3) is 22.1 Å². The lowest BCUT2D eigenvalue weighted by Gasteiger charge is -2.06. The molecule has 0 radical (unpaired) electrons. The van der Waals surface area contributed by atoms with E-state index in [1.165, 1.54) is 31.7 Å². The van der Waals surface area contributed by atoms with Gasteiger partial charge >= 0.3 is 0 Å². The maximum Gasteiger partial charge on any atom is 0.272 e. The second kappa shape index (κ2) is 7.51. The van der Waals surface area contributed by atoms with Crippen LogP contribution in [-0.2, 0) is 6.61 Å². The molecular weight excluding hydrogens is 376 g/mol. The Morgan fingerprint density at radius 3 is 2.69 bits per heavy atom. The molecule has 4 rings (SSSR count). The molecule has 0 saturated heterocycles. The summed E-state index contributed by atoms with van der Waals surface area (Å²) in [5.74, 6) is 0.469. The normalized spacial score (nSPS) is 10.8. The largest absolute Gasteiger partial charge is 0.508 e. The van der Waals surface area contributed by atoms with E-state index in [-0.39, 0.29) is 35.3 Å². The zero-order valence-corrected chi connectivity index (χ0v) is 15.3. The van der Waals surface area contributed by atoms with E-state index in [1.807, 2.05) is 0 Å². The number of hydrogen-bond donors (Lipinski definition) is 2. The first-order chi connectivity index (χ1) is 14.0. The molecule has 0 spiro atoms. The fraction of sp³-hybridized carbons (Fsp3) is 0.0952. The Morgan fingerprint density at radius 2 is 1.93 bits per heavy atom. The minimum Gasteiger partial charge on any atom is -0.508 e. The molecule has 8 heteroatoms. The third-order valence-electron chi connectivity index (χ3n) is 4.30. The van der Waals surface area contributed by atoms with E-state index in [9.17, 15) is 14.7 Å². The molecule has 0 aliphatic heterocycles. The summed E-state index contributed by atoms with van der Waals surface area (Å²) in [6.07, 6.45) is 2.63. The van der Waals surface area contributed by atoms with Gasteiger partial charge in [-0.3, -0.25) is 9.59 Å². The zero-order chi connectivity index (χ0) is 20.4. The number of aromatic nitrogens is 1. The van der Waals surface area contributed by atoms with Crippen LogP contribution in [0, 0.1) is 0 Å². The third-order valence-corrected chi connectivity index (χ3v) is 4.30. The fourth-order valence-electron chi connectivity index (χ4n) is 2.79. The topological polar surface area (TPSA) is 115 Å². The Balaban J connectivity index is 1.56. The number of carbonyl (C=O) groups is 1. The Morgan fingerprint density at radius 1 is 1.14 bits per heavy atom. The number of amides is 1. The number of nitrogens with zero attached hydrogens (tertiary/aromatic N) is 1. The van der Waals surface area contributed by atoms with Crippen LogP contribution >= 0.6 is 0 Å². The van der Waals surface area contributed by atoms with Crippen LogP contribution in [0.3, 0.4) is 0 Å². The van der Waals surface area contributed by atoms with E-state index < -0.39 is 0 Å². The average molecular weight is 392 g/mol. The van der Waals surface area contributed by atoms with Crippen LogP contribution < -0.4 is 15.5 Å². The summed E-state index contributed by atoms with van der Waals surface area (Å²) in [6.45, 7) is 0.0122. The van der Waals surface area contributed by atoms with E-state index in [2.05, 4.69) is 10.3 Å². The number of hydrogen-bond acceptors (Lipinski definition) is 7. The molecular formula is C21H16N2O6. The first-order valence-electron chi connectivity index (χ1n) is 8.69. The lowest BCUT2D eigenvalue weighted by atomic mass is 10.1. The van der Waals surface area contributed by atoms with E-state index in [0.29, 0.717) is 27.8 Å². The number of nitrogens with one attached hydrogen (secondary N) is 1. The van der Waals surface area contributed by atoms with Gasteiger partial charge in [-0.2, -0.15) is 0 Å². The van der Waals surface area contributed by atoms with Crippen LogP contribution in [0.1, 0.15) is 16.4 Å². The van der Waals surface area contributed by atoms with E-state index in [1.54, 1.807) is 30.3 Å². The molecule has 0 atom stereocenters. The summed E-state index contributed by atoms with van der Waals surface area (Å²) in [5.41, 5.74) is 1.39. The van der Waals surface area contributed by atoms with Crippen LogP contribution in [0.5, 0.6) is 11.5 Å². The first-order valence-corrected chi connectivity index (χ1v) is 8.69. The molecule has 2 aromatic heterocycles. The second-order valence-corrected chi connectivity index (χ2v) is 6.18. The smallest absolute Gasteiger partial charge is 0.272 e. The van der Waals surface area contributed by atoms with Crippen LogP contribution in [-0.4, -0.2) is 23.0 Å². The Labute approximate surface area is 164 Å². The number of phenols is 1. The van der Waals surface area contributed by atoms with Crippen LogP contribution in [0.4, 0.5) is 0 Å². The van der Waals surface area contributed by atoms with Crippen molar-refractivity contribution in [2.24, 2.45) is 0 Å². The highest BCUT2D eigenvalue weighted by molar-refractivity contribution is 5.91. The van der Waals surface area contributed by atoms with Crippen molar-refractivity contribution >= 4 is 16.9 Å². The molecule has 0 aliphatic rings. The molecule has 2 N–H and O–H groups in total. The molecule has 2 aromatic carbocycles. The highest BCUT2D eigenvalue weighted by Crippen LogP contribution is 2.24. The molecule has 0 unspecified atom stereocenters. The van der Waals surface area contributed by atoms with E-state index in [0.717, 1.165) is 0 Å². The fourth-order valence-corrected chi connectivity index (χ4v) is 2.79. The van der Waals surface area contributed by atoms with Gasteiger partial charge in [-0.25, -0.2) is 4.98 Å².